The number of nitrogens with one attached hydrogen (secondary N) is 1. The summed E-state index contributed by atoms with van der Waals surface area (Å²) in [6.45, 7) is 0. The monoisotopic (exact) mass is 412 g/mol. The van der Waals surface area contributed by atoms with Gasteiger partial charge in [0.15, 0.2) is 0 Å². The Bertz CT molecular complexity index is 1260. The highest BCUT2D eigenvalue weighted by molar-refractivity contribution is 5.98. The van der Waals surface area contributed by atoms with Gasteiger partial charge in [-0.1, -0.05) is 54.6 Å². The van der Waals surface area contributed by atoms with Gasteiger partial charge < -0.3 is 21.3 Å². The minimum absolute atomic E-state index is 0.202. The van der Waals surface area contributed by atoms with E-state index in [-0.39, 0.29) is 5.54 Å². The van der Waals surface area contributed by atoms with E-state index in [0.717, 1.165) is 35.1 Å². The number of rotatable bonds is 5. The summed E-state index contributed by atoms with van der Waals surface area (Å²) in [5, 5.41) is 0. The second-order valence-corrected chi connectivity index (χ2v) is 7.89. The third kappa shape index (κ3) is 3.24. The Morgan fingerprint density at radius 3 is 2.39 bits per heavy atom. The van der Waals surface area contributed by atoms with Crippen LogP contribution in [0.1, 0.15) is 30.5 Å². The molecule has 2 aromatic heterocycles. The van der Waals surface area contributed by atoms with E-state index in [0.29, 0.717) is 28.4 Å². The third-order valence-corrected chi connectivity index (χ3v) is 6.03. The lowest BCUT2D eigenvalue weighted by Crippen LogP contribution is -2.43. The first-order valence-corrected chi connectivity index (χ1v) is 10.3. The molecule has 31 heavy (non-hydrogen) atoms. The summed E-state index contributed by atoms with van der Waals surface area (Å²) in [4.78, 5) is 9.22. The summed E-state index contributed by atoms with van der Waals surface area (Å²) < 4.78 is 6.20. The molecular formula is C24H24N6O. The zero-order valence-electron chi connectivity index (χ0n) is 17.0. The number of fused-ring (bicyclic) bond motifs is 1. The highest BCUT2D eigenvalue weighted by Gasteiger charge is 2.34. The Balaban J connectivity index is 1.69. The SMILES string of the molecule is N/C=C(\NN)c1cnc2oc(-c3ccc(C4(N)CCC4)cc3)c(-c3ccccc3)c2n1. The van der Waals surface area contributed by atoms with Gasteiger partial charge in [-0.3, -0.25) is 5.84 Å². The molecule has 0 radical (unpaired) electrons. The molecule has 0 atom stereocenters. The van der Waals surface area contributed by atoms with Crippen LogP contribution in [-0.4, -0.2) is 9.97 Å². The van der Waals surface area contributed by atoms with Gasteiger partial charge in [-0.25, -0.2) is 9.97 Å². The summed E-state index contributed by atoms with van der Waals surface area (Å²) >= 11 is 0. The third-order valence-electron chi connectivity index (χ3n) is 6.03. The van der Waals surface area contributed by atoms with Crippen molar-refractivity contribution in [1.82, 2.24) is 15.4 Å². The van der Waals surface area contributed by atoms with Crippen molar-refractivity contribution in [1.29, 1.82) is 0 Å². The molecule has 7 heteroatoms. The van der Waals surface area contributed by atoms with Crippen molar-refractivity contribution in [3.8, 4) is 22.5 Å². The van der Waals surface area contributed by atoms with E-state index in [2.05, 4.69) is 34.7 Å². The van der Waals surface area contributed by atoms with Crippen LogP contribution < -0.4 is 22.7 Å². The number of hydrazine groups is 1. The Labute approximate surface area is 179 Å². The molecule has 0 unspecified atom stereocenters. The minimum Gasteiger partial charge on any atom is -0.436 e. The fraction of sp³-hybridized carbons (Fsp3) is 0.167. The Hall–Kier alpha value is -3.68. The molecule has 5 rings (SSSR count). The van der Waals surface area contributed by atoms with Crippen molar-refractivity contribution in [3.05, 3.63) is 78.3 Å². The molecule has 1 fully saturated rings. The predicted octanol–water partition coefficient (Wildman–Crippen LogP) is 3.62. The number of hydrogen-bond donors (Lipinski definition) is 4. The minimum atomic E-state index is -0.202. The van der Waals surface area contributed by atoms with Crippen molar-refractivity contribution in [3.63, 3.8) is 0 Å². The van der Waals surface area contributed by atoms with Crippen LogP contribution in [0.25, 0.3) is 39.4 Å². The van der Waals surface area contributed by atoms with Crippen molar-refractivity contribution in [2.24, 2.45) is 17.3 Å². The van der Waals surface area contributed by atoms with Crippen LogP contribution in [0.15, 0.2) is 71.4 Å². The number of nitrogens with two attached hydrogens (primary N) is 3. The Kier molecular flexibility index (Phi) is 4.69. The van der Waals surface area contributed by atoms with Crippen LogP contribution in [0.3, 0.4) is 0 Å². The average Bonchev–Trinajstić information content (AvgIpc) is 3.18. The second-order valence-electron chi connectivity index (χ2n) is 7.89. The molecule has 2 aromatic carbocycles. The van der Waals surface area contributed by atoms with Gasteiger partial charge in [0, 0.05) is 17.3 Å². The fourth-order valence-corrected chi connectivity index (χ4v) is 4.08. The molecule has 4 aromatic rings. The zero-order chi connectivity index (χ0) is 21.4. The number of benzene rings is 2. The van der Waals surface area contributed by atoms with Crippen LogP contribution in [0.4, 0.5) is 0 Å². The van der Waals surface area contributed by atoms with Crippen molar-refractivity contribution >= 4 is 16.9 Å². The van der Waals surface area contributed by atoms with Crippen molar-refractivity contribution < 1.29 is 4.42 Å². The number of nitrogens with zero attached hydrogens (tertiary/aromatic N) is 2. The highest BCUT2D eigenvalue weighted by Crippen LogP contribution is 2.42. The lowest BCUT2D eigenvalue weighted by molar-refractivity contribution is 0.253. The van der Waals surface area contributed by atoms with Gasteiger partial charge >= 0.3 is 0 Å². The topological polar surface area (TPSA) is 129 Å². The van der Waals surface area contributed by atoms with Gasteiger partial charge in [-0.2, -0.15) is 0 Å². The maximum absolute atomic E-state index is 6.49. The first-order chi connectivity index (χ1) is 15.1. The van der Waals surface area contributed by atoms with Crippen LogP contribution in [-0.2, 0) is 5.54 Å². The van der Waals surface area contributed by atoms with E-state index in [1.54, 1.807) is 6.20 Å². The summed E-state index contributed by atoms with van der Waals surface area (Å²) in [5.74, 6) is 6.28. The molecule has 0 amide bonds. The molecule has 0 bridgehead atoms. The largest absolute Gasteiger partial charge is 0.436 e. The molecule has 0 saturated heterocycles. The lowest BCUT2D eigenvalue weighted by Gasteiger charge is -2.38. The first kappa shape index (κ1) is 19.3. The van der Waals surface area contributed by atoms with Gasteiger partial charge in [-0.15, -0.1) is 0 Å². The molecule has 7 nitrogen and oxygen atoms in total. The van der Waals surface area contributed by atoms with E-state index < -0.39 is 0 Å². The maximum atomic E-state index is 6.49. The van der Waals surface area contributed by atoms with Gasteiger partial charge in [0.1, 0.15) is 17.0 Å². The van der Waals surface area contributed by atoms with Crippen LogP contribution >= 0.6 is 0 Å². The first-order valence-electron chi connectivity index (χ1n) is 10.3. The molecule has 7 N–H and O–H groups in total. The normalized spacial score (nSPS) is 15.6. The number of furan rings is 1. The van der Waals surface area contributed by atoms with E-state index in [1.165, 1.54) is 12.6 Å². The molecular weight excluding hydrogens is 388 g/mol. The second kappa shape index (κ2) is 7.54. The molecule has 1 aliphatic rings. The van der Waals surface area contributed by atoms with Crippen LogP contribution in [0.5, 0.6) is 0 Å². The van der Waals surface area contributed by atoms with Gasteiger partial charge in [-0.05, 0) is 30.4 Å². The average molecular weight is 412 g/mol. The predicted molar refractivity (Wildman–Crippen MR) is 122 cm³/mol. The summed E-state index contributed by atoms with van der Waals surface area (Å²) in [6.07, 6.45) is 6.17. The lowest BCUT2D eigenvalue weighted by atomic mass is 9.72. The van der Waals surface area contributed by atoms with Gasteiger partial charge in [0.25, 0.3) is 0 Å². The smallest absolute Gasteiger partial charge is 0.246 e. The van der Waals surface area contributed by atoms with E-state index in [1.807, 2.05) is 30.3 Å². The summed E-state index contributed by atoms with van der Waals surface area (Å²) in [5.41, 5.74) is 20.6. The fourth-order valence-electron chi connectivity index (χ4n) is 4.08. The van der Waals surface area contributed by atoms with Crippen molar-refractivity contribution in [2.75, 3.05) is 0 Å². The van der Waals surface area contributed by atoms with Crippen molar-refractivity contribution in [2.45, 2.75) is 24.8 Å². The quantitative estimate of drug-likeness (QED) is 0.291. The van der Waals surface area contributed by atoms with Gasteiger partial charge in [0.2, 0.25) is 5.71 Å². The highest BCUT2D eigenvalue weighted by atomic mass is 16.3. The molecule has 1 aliphatic carbocycles. The zero-order valence-corrected chi connectivity index (χ0v) is 17.0. The number of aromatic nitrogens is 2. The van der Waals surface area contributed by atoms with E-state index in [4.69, 9.17) is 26.7 Å². The molecule has 2 heterocycles. The standard InChI is InChI=1S/C24H24N6O/c25-13-18(30-27)19-14-28-23-21(29-19)20(15-5-2-1-3-6-15)22(31-23)16-7-9-17(10-8-16)24(26)11-4-12-24/h1-3,5-10,13-14,30H,4,11-12,25-27H2/b18-13-. The Morgan fingerprint density at radius 2 is 1.77 bits per heavy atom. The summed E-state index contributed by atoms with van der Waals surface area (Å²) in [7, 11) is 0. The van der Waals surface area contributed by atoms with E-state index in [9.17, 15) is 0 Å². The molecule has 0 aliphatic heterocycles. The van der Waals surface area contributed by atoms with Crippen LogP contribution in [0.2, 0.25) is 0 Å². The molecule has 156 valence electrons. The maximum Gasteiger partial charge on any atom is 0.246 e. The van der Waals surface area contributed by atoms with E-state index >= 15 is 0 Å². The van der Waals surface area contributed by atoms with Crippen LogP contribution in [0, 0.1) is 0 Å². The molecule has 0 spiro atoms. The van der Waals surface area contributed by atoms with Gasteiger partial charge in [0.05, 0.1) is 17.5 Å². The number of hydrogen-bond acceptors (Lipinski definition) is 7. The summed E-state index contributed by atoms with van der Waals surface area (Å²) in [6, 6.07) is 18.3. The molecule has 1 saturated carbocycles. The Morgan fingerprint density at radius 1 is 1.03 bits per heavy atom.